The van der Waals surface area contributed by atoms with Gasteiger partial charge < -0.3 is 15.4 Å². The van der Waals surface area contributed by atoms with Gasteiger partial charge in [0, 0.05) is 11.7 Å². The van der Waals surface area contributed by atoms with E-state index in [1.165, 1.54) is 48.8 Å². The molecule has 0 spiro atoms. The van der Waals surface area contributed by atoms with Crippen molar-refractivity contribution < 1.29 is 9.53 Å². The Balaban J connectivity index is 1.50. The minimum atomic E-state index is -0.185. The first-order valence-corrected chi connectivity index (χ1v) is 11.1. The lowest BCUT2D eigenvalue weighted by Gasteiger charge is -2.18. The molecule has 8 heteroatoms. The molecule has 1 aromatic heterocycles. The molecule has 2 N–H and O–H groups in total. The third kappa shape index (κ3) is 6.10. The van der Waals surface area contributed by atoms with Gasteiger partial charge in [0.15, 0.2) is 4.34 Å². The van der Waals surface area contributed by atoms with Gasteiger partial charge in [-0.1, -0.05) is 48.8 Å². The van der Waals surface area contributed by atoms with Gasteiger partial charge in [0.25, 0.3) is 0 Å². The third-order valence-corrected chi connectivity index (χ3v) is 6.62. The van der Waals surface area contributed by atoms with Crippen molar-refractivity contribution in [3.05, 3.63) is 24.3 Å². The Morgan fingerprint density at radius 1 is 1.19 bits per heavy atom. The van der Waals surface area contributed by atoms with Crippen LogP contribution in [-0.4, -0.2) is 34.5 Å². The maximum absolute atomic E-state index is 12.5. The van der Waals surface area contributed by atoms with E-state index in [1.54, 1.807) is 7.11 Å². The van der Waals surface area contributed by atoms with Crippen LogP contribution in [-0.2, 0) is 4.79 Å². The van der Waals surface area contributed by atoms with E-state index < -0.39 is 0 Å². The van der Waals surface area contributed by atoms with Crippen molar-refractivity contribution >= 4 is 39.8 Å². The molecular formula is C19H26N4O2S2. The van der Waals surface area contributed by atoms with Crippen molar-refractivity contribution in [2.45, 2.75) is 61.1 Å². The molecule has 6 nitrogen and oxygen atoms in total. The normalized spacial score (nSPS) is 16.4. The fraction of sp³-hybridized carbons (Fsp3) is 0.526. The Bertz CT molecular complexity index is 728. The first kappa shape index (κ1) is 19.9. The quantitative estimate of drug-likeness (QED) is 0.516. The highest BCUT2D eigenvalue weighted by molar-refractivity contribution is 8.02. The Morgan fingerprint density at radius 3 is 2.56 bits per heavy atom. The number of carbonyl (C=O) groups is 1. The summed E-state index contributed by atoms with van der Waals surface area (Å²) in [4.78, 5) is 12.5. The number of ether oxygens (including phenoxy) is 1. The number of nitrogens with one attached hydrogen (secondary N) is 2. The topological polar surface area (TPSA) is 76.1 Å². The fourth-order valence-corrected chi connectivity index (χ4v) is 4.98. The van der Waals surface area contributed by atoms with Gasteiger partial charge in [-0.3, -0.25) is 4.79 Å². The summed E-state index contributed by atoms with van der Waals surface area (Å²) in [7, 11) is 1.64. The van der Waals surface area contributed by atoms with Crippen LogP contribution in [0.5, 0.6) is 5.75 Å². The third-order valence-electron chi connectivity index (χ3n) is 4.60. The molecule has 0 aliphatic heterocycles. The number of thioether (sulfide) groups is 1. The second-order valence-corrected chi connectivity index (χ2v) is 9.25. The van der Waals surface area contributed by atoms with Crippen LogP contribution >= 0.6 is 23.1 Å². The number of methoxy groups -OCH3 is 1. The molecular weight excluding hydrogens is 380 g/mol. The predicted molar refractivity (Wildman–Crippen MR) is 111 cm³/mol. The number of aromatic nitrogens is 2. The highest BCUT2D eigenvalue weighted by atomic mass is 32.2. The number of anilines is 2. The number of amides is 1. The molecule has 2 aromatic rings. The van der Waals surface area contributed by atoms with Crippen molar-refractivity contribution in [3.63, 3.8) is 0 Å². The Hall–Kier alpha value is -1.80. The molecule has 1 fully saturated rings. The molecule has 0 saturated heterocycles. The van der Waals surface area contributed by atoms with Crippen LogP contribution in [0, 0.1) is 0 Å². The lowest BCUT2D eigenvalue weighted by Crippen LogP contribution is -2.39. The molecule has 0 radical (unpaired) electrons. The van der Waals surface area contributed by atoms with E-state index in [2.05, 4.69) is 20.8 Å². The molecule has 1 aliphatic carbocycles. The monoisotopic (exact) mass is 406 g/mol. The van der Waals surface area contributed by atoms with Crippen molar-refractivity contribution in [3.8, 4) is 5.75 Å². The summed E-state index contributed by atoms with van der Waals surface area (Å²) in [5.74, 6) is 0.898. The SMILES string of the molecule is COc1ccc(Nc2nnc(S[C@@H](C)C(=O)NC3CCCCCC3)s2)cc1. The zero-order valence-electron chi connectivity index (χ0n) is 15.7. The summed E-state index contributed by atoms with van der Waals surface area (Å²) in [6, 6.07) is 7.95. The van der Waals surface area contributed by atoms with E-state index in [0.29, 0.717) is 11.2 Å². The van der Waals surface area contributed by atoms with Crippen molar-refractivity contribution in [2.24, 2.45) is 0 Å². The minimum Gasteiger partial charge on any atom is -0.497 e. The Kier molecular flexibility index (Phi) is 7.34. The van der Waals surface area contributed by atoms with Gasteiger partial charge in [-0.2, -0.15) is 0 Å². The first-order chi connectivity index (χ1) is 13.1. The zero-order chi connectivity index (χ0) is 19.1. The van der Waals surface area contributed by atoms with Gasteiger partial charge in [0.2, 0.25) is 11.0 Å². The summed E-state index contributed by atoms with van der Waals surface area (Å²) >= 11 is 2.91. The standard InChI is InChI=1S/C19H26N4O2S2/c1-13(17(24)20-14-7-5-3-4-6-8-14)26-19-23-22-18(27-19)21-15-9-11-16(25-2)12-10-15/h9-14H,3-8H2,1-2H3,(H,20,24)(H,21,22)/t13-/m0/s1. The van der Waals surface area contributed by atoms with Crippen LogP contribution in [0.2, 0.25) is 0 Å². The number of hydrogen-bond acceptors (Lipinski definition) is 7. The van der Waals surface area contributed by atoms with Crippen LogP contribution < -0.4 is 15.4 Å². The van der Waals surface area contributed by atoms with E-state index >= 15 is 0 Å². The minimum absolute atomic E-state index is 0.0896. The molecule has 0 bridgehead atoms. The van der Waals surface area contributed by atoms with Crippen LogP contribution in [0.1, 0.15) is 45.4 Å². The zero-order valence-corrected chi connectivity index (χ0v) is 17.4. The molecule has 1 atom stereocenters. The summed E-state index contributed by atoms with van der Waals surface area (Å²) in [5, 5.41) is 15.3. The average molecular weight is 407 g/mol. The van der Waals surface area contributed by atoms with Gasteiger partial charge in [0.05, 0.1) is 12.4 Å². The van der Waals surface area contributed by atoms with Crippen LogP contribution in [0.15, 0.2) is 28.6 Å². The summed E-state index contributed by atoms with van der Waals surface area (Å²) < 4.78 is 5.94. The molecule has 1 aliphatic rings. The highest BCUT2D eigenvalue weighted by Gasteiger charge is 2.21. The molecule has 3 rings (SSSR count). The van der Waals surface area contributed by atoms with Gasteiger partial charge >= 0.3 is 0 Å². The summed E-state index contributed by atoms with van der Waals surface area (Å²) in [5.41, 5.74) is 0.919. The Morgan fingerprint density at radius 2 is 1.89 bits per heavy atom. The molecule has 1 aromatic carbocycles. The van der Waals surface area contributed by atoms with Gasteiger partial charge in [-0.15, -0.1) is 10.2 Å². The first-order valence-electron chi connectivity index (χ1n) is 9.35. The molecule has 0 unspecified atom stereocenters. The second-order valence-electron chi connectivity index (χ2n) is 6.68. The number of nitrogens with zero attached hydrogens (tertiary/aromatic N) is 2. The number of rotatable bonds is 7. The number of benzene rings is 1. The lowest BCUT2D eigenvalue weighted by atomic mass is 10.1. The van der Waals surface area contributed by atoms with Crippen molar-refractivity contribution in [1.82, 2.24) is 15.5 Å². The molecule has 1 heterocycles. The van der Waals surface area contributed by atoms with Crippen LogP contribution in [0.4, 0.5) is 10.8 Å². The summed E-state index contributed by atoms with van der Waals surface area (Å²) in [6.45, 7) is 1.93. The largest absolute Gasteiger partial charge is 0.497 e. The Labute approximate surface area is 168 Å². The van der Waals surface area contributed by atoms with E-state index in [9.17, 15) is 4.79 Å². The van der Waals surface area contributed by atoms with Gasteiger partial charge in [-0.05, 0) is 44.0 Å². The van der Waals surface area contributed by atoms with E-state index in [4.69, 9.17) is 4.74 Å². The highest BCUT2D eigenvalue weighted by Crippen LogP contribution is 2.31. The fourth-order valence-electron chi connectivity index (χ4n) is 3.05. The van der Waals surface area contributed by atoms with Crippen LogP contribution in [0.25, 0.3) is 0 Å². The maximum atomic E-state index is 12.5. The summed E-state index contributed by atoms with van der Waals surface area (Å²) in [6.07, 6.45) is 7.18. The average Bonchev–Trinajstić information content (AvgIpc) is 2.95. The lowest BCUT2D eigenvalue weighted by molar-refractivity contribution is -0.121. The number of carbonyl (C=O) groups excluding carboxylic acids is 1. The maximum Gasteiger partial charge on any atom is 0.233 e. The predicted octanol–water partition coefficient (Wildman–Crippen LogP) is 4.61. The molecule has 27 heavy (non-hydrogen) atoms. The van der Waals surface area contributed by atoms with Gasteiger partial charge in [0.1, 0.15) is 5.75 Å². The van der Waals surface area contributed by atoms with Crippen molar-refractivity contribution in [2.75, 3.05) is 12.4 Å². The molecule has 1 amide bonds. The van der Waals surface area contributed by atoms with E-state index in [-0.39, 0.29) is 11.2 Å². The van der Waals surface area contributed by atoms with Crippen molar-refractivity contribution in [1.29, 1.82) is 0 Å². The van der Waals surface area contributed by atoms with E-state index in [1.807, 2.05) is 31.2 Å². The van der Waals surface area contributed by atoms with Crippen LogP contribution in [0.3, 0.4) is 0 Å². The van der Waals surface area contributed by atoms with E-state index in [0.717, 1.165) is 28.6 Å². The van der Waals surface area contributed by atoms with Gasteiger partial charge in [-0.25, -0.2) is 0 Å². The second kappa shape index (κ2) is 9.94. The molecule has 1 saturated carbocycles. The number of hydrogen-bond donors (Lipinski definition) is 2. The molecule has 146 valence electrons. The smallest absolute Gasteiger partial charge is 0.233 e.